The molecule has 1 aliphatic carbocycles. The molecule has 0 radical (unpaired) electrons. The van der Waals surface area contributed by atoms with Crippen LogP contribution in [0.3, 0.4) is 0 Å². The number of allylic oxidation sites excluding steroid dienone is 1. The van der Waals surface area contributed by atoms with Crippen LogP contribution >= 0.6 is 0 Å². The largest absolute Gasteiger partial charge is 0.443 e. The third kappa shape index (κ3) is 4.34. The van der Waals surface area contributed by atoms with E-state index in [4.69, 9.17) is 18.9 Å². The van der Waals surface area contributed by atoms with Crippen LogP contribution in [0, 0.1) is 5.92 Å². The number of nitrogens with zero attached hydrogens (tertiary/aromatic N) is 2. The van der Waals surface area contributed by atoms with Crippen molar-refractivity contribution in [2.24, 2.45) is 5.92 Å². The van der Waals surface area contributed by atoms with Crippen molar-refractivity contribution in [3.8, 4) is 0 Å². The SMILES string of the molecule is CO[C@@H]1[C@H](OC(=O)N2CC(NC(=O)N(C)C)C2)CC[C@]2(CO2)[C@H]1[C@@]1(C)O[C@@H]1CC=C(C)C. The van der Waals surface area contributed by atoms with E-state index >= 15 is 0 Å². The van der Waals surface area contributed by atoms with E-state index in [9.17, 15) is 9.59 Å². The van der Waals surface area contributed by atoms with Crippen LogP contribution in [-0.2, 0) is 18.9 Å². The number of amides is 3. The second kappa shape index (κ2) is 8.50. The van der Waals surface area contributed by atoms with Crippen LogP contribution in [0.5, 0.6) is 0 Å². The molecule has 6 atom stereocenters. The van der Waals surface area contributed by atoms with Gasteiger partial charge < -0.3 is 34.1 Å². The number of epoxide rings is 2. The quantitative estimate of drug-likeness (QED) is 0.491. The van der Waals surface area contributed by atoms with Crippen LogP contribution in [0.1, 0.15) is 40.0 Å². The standard InChI is InChI=1S/C23H37N3O6/c1-14(2)7-8-17-22(3,32-17)19-18(29-6)16(9-10-23(19)13-30-23)31-21(28)26-11-15(12-26)24-20(27)25(4)5/h7,15-19H,8-13H2,1-6H3,(H,24,27)/t16-,17-,18-,19-,22+,23+/m1/s1. The first kappa shape index (κ1) is 23.3. The lowest BCUT2D eigenvalue weighted by Crippen LogP contribution is -2.63. The van der Waals surface area contributed by atoms with Crippen LogP contribution in [0.4, 0.5) is 9.59 Å². The first-order chi connectivity index (χ1) is 15.1. The summed E-state index contributed by atoms with van der Waals surface area (Å²) in [7, 11) is 5.05. The maximum Gasteiger partial charge on any atom is 0.410 e. The van der Waals surface area contributed by atoms with E-state index in [2.05, 4.69) is 32.2 Å². The Morgan fingerprint density at radius 2 is 1.97 bits per heavy atom. The summed E-state index contributed by atoms with van der Waals surface area (Å²) in [6.45, 7) is 7.91. The van der Waals surface area contributed by atoms with Crippen LogP contribution in [0.15, 0.2) is 11.6 Å². The number of hydrogen-bond donors (Lipinski definition) is 1. The van der Waals surface area contributed by atoms with Gasteiger partial charge in [-0.25, -0.2) is 9.59 Å². The third-order valence-electron chi connectivity index (χ3n) is 7.36. The molecule has 0 unspecified atom stereocenters. The Bertz CT molecular complexity index is 772. The highest BCUT2D eigenvalue weighted by Crippen LogP contribution is 2.59. The maximum atomic E-state index is 12.8. The number of methoxy groups -OCH3 is 1. The number of likely N-dealkylation sites (tertiary alicyclic amines) is 1. The lowest BCUT2D eigenvalue weighted by atomic mass is 9.68. The molecule has 3 aliphatic heterocycles. The van der Waals surface area contributed by atoms with Crippen molar-refractivity contribution in [2.45, 2.75) is 75.6 Å². The van der Waals surface area contributed by atoms with Gasteiger partial charge in [0.1, 0.15) is 23.4 Å². The van der Waals surface area contributed by atoms with Gasteiger partial charge in [-0.2, -0.15) is 0 Å². The lowest BCUT2D eigenvalue weighted by molar-refractivity contribution is -0.123. The summed E-state index contributed by atoms with van der Waals surface area (Å²) >= 11 is 0. The third-order valence-corrected chi connectivity index (χ3v) is 7.36. The zero-order valence-corrected chi connectivity index (χ0v) is 20.1. The summed E-state index contributed by atoms with van der Waals surface area (Å²) < 4.78 is 24.0. The Morgan fingerprint density at radius 3 is 2.53 bits per heavy atom. The number of carbonyl (C=O) groups excluding carboxylic acids is 2. The summed E-state index contributed by atoms with van der Waals surface area (Å²) in [6.07, 6.45) is 3.70. The molecule has 3 heterocycles. The van der Waals surface area contributed by atoms with Crippen molar-refractivity contribution < 1.29 is 28.5 Å². The highest BCUT2D eigenvalue weighted by atomic mass is 16.6. The van der Waals surface area contributed by atoms with Crippen molar-refractivity contribution in [1.82, 2.24) is 15.1 Å². The van der Waals surface area contributed by atoms with Gasteiger partial charge in [-0.3, -0.25) is 0 Å². The molecule has 180 valence electrons. The smallest absolute Gasteiger partial charge is 0.410 e. The van der Waals surface area contributed by atoms with Gasteiger partial charge in [-0.15, -0.1) is 0 Å². The van der Waals surface area contributed by atoms with Gasteiger partial charge in [-0.1, -0.05) is 11.6 Å². The van der Waals surface area contributed by atoms with Gasteiger partial charge in [-0.05, 0) is 40.0 Å². The summed E-state index contributed by atoms with van der Waals surface area (Å²) in [5.74, 6) is 0.00521. The van der Waals surface area contributed by atoms with Crippen molar-refractivity contribution in [3.63, 3.8) is 0 Å². The summed E-state index contributed by atoms with van der Waals surface area (Å²) in [5, 5.41) is 2.88. The molecular formula is C23H37N3O6. The maximum absolute atomic E-state index is 12.8. The van der Waals surface area contributed by atoms with E-state index in [0.717, 1.165) is 12.8 Å². The second-order valence-electron chi connectivity index (χ2n) is 10.2. The molecule has 4 fully saturated rings. The Hall–Kier alpha value is -1.84. The van der Waals surface area contributed by atoms with E-state index in [1.165, 1.54) is 10.5 Å². The first-order valence-electron chi connectivity index (χ1n) is 11.5. The van der Waals surface area contributed by atoms with Gasteiger partial charge in [0.15, 0.2) is 0 Å². The zero-order valence-electron chi connectivity index (χ0n) is 20.1. The van der Waals surface area contributed by atoms with E-state index < -0.39 is 0 Å². The molecule has 4 rings (SSSR count). The summed E-state index contributed by atoms with van der Waals surface area (Å²) in [6, 6.07) is -0.208. The normalized spacial score (nSPS) is 38.0. The minimum Gasteiger partial charge on any atom is -0.443 e. The minimum atomic E-state index is -0.359. The van der Waals surface area contributed by atoms with Gasteiger partial charge in [0, 0.05) is 34.3 Å². The predicted octanol–water partition coefficient (Wildman–Crippen LogP) is 2.15. The van der Waals surface area contributed by atoms with Crippen LogP contribution in [-0.4, -0.2) is 98.4 Å². The van der Waals surface area contributed by atoms with Crippen molar-refractivity contribution >= 4 is 12.1 Å². The molecule has 1 saturated carbocycles. The molecule has 0 aromatic carbocycles. The molecule has 32 heavy (non-hydrogen) atoms. The lowest BCUT2D eigenvalue weighted by Gasteiger charge is -2.44. The molecule has 9 heteroatoms. The zero-order chi connectivity index (χ0) is 23.3. The molecule has 0 aromatic heterocycles. The van der Waals surface area contributed by atoms with E-state index in [1.807, 2.05) is 0 Å². The molecule has 1 spiro atoms. The number of carbonyl (C=O) groups is 2. The van der Waals surface area contributed by atoms with E-state index in [-0.39, 0.29) is 53.6 Å². The number of nitrogens with one attached hydrogen (secondary N) is 1. The van der Waals surface area contributed by atoms with E-state index in [0.29, 0.717) is 26.1 Å². The number of ether oxygens (including phenoxy) is 4. The van der Waals surface area contributed by atoms with E-state index in [1.54, 1.807) is 26.1 Å². The fourth-order valence-corrected chi connectivity index (χ4v) is 5.30. The molecule has 0 bridgehead atoms. The minimum absolute atomic E-state index is 0.00521. The average molecular weight is 452 g/mol. The number of rotatable bonds is 6. The summed E-state index contributed by atoms with van der Waals surface area (Å²) in [5.41, 5.74) is 0.677. The Kier molecular flexibility index (Phi) is 6.19. The second-order valence-corrected chi connectivity index (χ2v) is 10.2. The fraction of sp³-hybridized carbons (Fsp3) is 0.826. The van der Waals surface area contributed by atoms with Crippen LogP contribution in [0.2, 0.25) is 0 Å². The highest BCUT2D eigenvalue weighted by molar-refractivity contribution is 5.75. The molecule has 0 aromatic rings. The molecule has 4 aliphatic rings. The average Bonchev–Trinajstić information content (AvgIpc) is 3.61. The predicted molar refractivity (Wildman–Crippen MR) is 117 cm³/mol. The molecule has 1 N–H and O–H groups in total. The van der Waals surface area contributed by atoms with Gasteiger partial charge in [0.25, 0.3) is 0 Å². The van der Waals surface area contributed by atoms with Gasteiger partial charge in [0.2, 0.25) is 0 Å². The molecule has 3 amide bonds. The molecule has 3 saturated heterocycles. The Labute approximate surface area is 190 Å². The van der Waals surface area contributed by atoms with Crippen LogP contribution in [0.25, 0.3) is 0 Å². The Morgan fingerprint density at radius 1 is 1.28 bits per heavy atom. The summed E-state index contributed by atoms with van der Waals surface area (Å²) in [4.78, 5) is 27.6. The molecular weight excluding hydrogens is 414 g/mol. The monoisotopic (exact) mass is 451 g/mol. The Balaban J connectivity index is 1.37. The fourth-order valence-electron chi connectivity index (χ4n) is 5.30. The first-order valence-corrected chi connectivity index (χ1v) is 11.5. The highest BCUT2D eigenvalue weighted by Gasteiger charge is 2.72. The van der Waals surface area contributed by atoms with Gasteiger partial charge in [0.05, 0.1) is 24.7 Å². The topological polar surface area (TPSA) is 96.2 Å². The number of urea groups is 1. The molecule has 9 nitrogen and oxygen atoms in total. The number of hydrogen-bond acceptors (Lipinski definition) is 6. The van der Waals surface area contributed by atoms with Crippen molar-refractivity contribution in [1.29, 1.82) is 0 Å². The van der Waals surface area contributed by atoms with Crippen LogP contribution < -0.4 is 5.32 Å². The van der Waals surface area contributed by atoms with Gasteiger partial charge >= 0.3 is 12.1 Å². The van der Waals surface area contributed by atoms with Crippen molar-refractivity contribution in [2.75, 3.05) is 40.9 Å². The van der Waals surface area contributed by atoms with Crippen molar-refractivity contribution in [3.05, 3.63) is 11.6 Å².